The molecule has 21 heavy (non-hydrogen) atoms. The van der Waals surface area contributed by atoms with Crippen molar-refractivity contribution in [3.8, 4) is 5.75 Å². The Hall–Kier alpha value is -1.83. The quantitative estimate of drug-likeness (QED) is 0.648. The molecule has 0 aliphatic heterocycles. The summed E-state index contributed by atoms with van der Waals surface area (Å²) in [6.07, 6.45) is 1.48. The Kier molecular flexibility index (Phi) is 5.00. The highest BCUT2D eigenvalue weighted by molar-refractivity contribution is 6.42. The highest BCUT2D eigenvalue weighted by Crippen LogP contribution is 2.26. The average Bonchev–Trinajstić information content (AvgIpc) is 2.89. The van der Waals surface area contributed by atoms with Crippen molar-refractivity contribution in [2.45, 2.75) is 12.6 Å². The Morgan fingerprint density at radius 1 is 1.43 bits per heavy atom. The van der Waals surface area contributed by atoms with Crippen molar-refractivity contribution < 1.29 is 14.8 Å². The van der Waals surface area contributed by atoms with Gasteiger partial charge in [0.2, 0.25) is 0 Å². The SMILES string of the molecule is O=[N+]([O-])c1cnn(CC(O)COc2ccc(Cl)c(Cl)c2)c1. The monoisotopic (exact) mass is 331 g/mol. The lowest BCUT2D eigenvalue weighted by Crippen LogP contribution is -2.23. The lowest BCUT2D eigenvalue weighted by Gasteiger charge is -2.12. The first-order chi connectivity index (χ1) is 9.95. The van der Waals surface area contributed by atoms with E-state index >= 15 is 0 Å². The van der Waals surface area contributed by atoms with Gasteiger partial charge in [-0.25, -0.2) is 0 Å². The molecule has 2 rings (SSSR count). The van der Waals surface area contributed by atoms with E-state index in [1.807, 2.05) is 0 Å². The molecule has 9 heteroatoms. The van der Waals surface area contributed by atoms with Crippen molar-refractivity contribution in [1.82, 2.24) is 9.78 Å². The predicted molar refractivity (Wildman–Crippen MR) is 76.8 cm³/mol. The molecule has 0 bridgehead atoms. The number of ether oxygens (including phenoxy) is 1. The zero-order valence-electron chi connectivity index (χ0n) is 10.6. The molecule has 0 aliphatic carbocycles. The Labute approximate surface area is 129 Å². The largest absolute Gasteiger partial charge is 0.491 e. The van der Waals surface area contributed by atoms with E-state index in [0.717, 1.165) is 6.20 Å². The van der Waals surface area contributed by atoms with Crippen LogP contribution < -0.4 is 4.74 Å². The maximum Gasteiger partial charge on any atom is 0.306 e. The molecule has 0 fully saturated rings. The van der Waals surface area contributed by atoms with Crippen molar-refractivity contribution in [2.24, 2.45) is 0 Å². The van der Waals surface area contributed by atoms with Crippen molar-refractivity contribution in [1.29, 1.82) is 0 Å². The van der Waals surface area contributed by atoms with Crippen LogP contribution in [0.15, 0.2) is 30.6 Å². The molecule has 0 aliphatic rings. The second-order valence-electron chi connectivity index (χ2n) is 4.22. The minimum Gasteiger partial charge on any atom is -0.491 e. The van der Waals surface area contributed by atoms with E-state index in [9.17, 15) is 15.2 Å². The summed E-state index contributed by atoms with van der Waals surface area (Å²) in [6, 6.07) is 4.75. The third-order valence-corrected chi connectivity index (χ3v) is 3.30. The van der Waals surface area contributed by atoms with Crippen molar-refractivity contribution in [2.75, 3.05) is 6.61 Å². The summed E-state index contributed by atoms with van der Waals surface area (Å²) in [5.74, 6) is 0.467. The number of nitrogens with zero attached hydrogens (tertiary/aromatic N) is 3. The van der Waals surface area contributed by atoms with Crippen molar-refractivity contribution in [3.63, 3.8) is 0 Å². The summed E-state index contributed by atoms with van der Waals surface area (Å²) in [4.78, 5) is 9.96. The summed E-state index contributed by atoms with van der Waals surface area (Å²) in [7, 11) is 0. The molecule has 2 aromatic rings. The Morgan fingerprint density at radius 2 is 2.19 bits per heavy atom. The standard InChI is InChI=1S/C12H11Cl2N3O4/c13-11-2-1-10(3-12(11)14)21-7-9(18)6-16-5-8(4-15-16)17(19)20/h1-5,9,18H,6-7H2. The number of benzene rings is 1. The molecule has 1 atom stereocenters. The number of rotatable bonds is 6. The second-order valence-corrected chi connectivity index (χ2v) is 5.03. The normalized spacial score (nSPS) is 12.1. The summed E-state index contributed by atoms with van der Waals surface area (Å²) in [5, 5.41) is 24.9. The summed E-state index contributed by atoms with van der Waals surface area (Å²) >= 11 is 11.6. The van der Waals surface area contributed by atoms with E-state index in [2.05, 4.69) is 5.10 Å². The van der Waals surface area contributed by atoms with E-state index in [1.54, 1.807) is 12.1 Å². The molecule has 0 saturated heterocycles. The first-order valence-corrected chi connectivity index (χ1v) is 6.64. The minimum absolute atomic E-state index is 0.00831. The summed E-state index contributed by atoms with van der Waals surface area (Å²) in [5.41, 5.74) is -0.132. The molecule has 1 N–H and O–H groups in total. The molecule has 0 saturated carbocycles. The number of nitro groups is 1. The van der Waals surface area contributed by atoms with E-state index in [0.29, 0.717) is 15.8 Å². The first-order valence-electron chi connectivity index (χ1n) is 5.88. The van der Waals surface area contributed by atoms with Gasteiger partial charge in [0.1, 0.15) is 30.9 Å². The molecule has 112 valence electrons. The third kappa shape index (κ3) is 4.32. The highest BCUT2D eigenvalue weighted by atomic mass is 35.5. The van der Waals surface area contributed by atoms with Crippen LogP contribution in [0.1, 0.15) is 0 Å². The van der Waals surface area contributed by atoms with Gasteiger partial charge in [-0.05, 0) is 12.1 Å². The van der Waals surface area contributed by atoms with Crippen LogP contribution >= 0.6 is 23.2 Å². The Morgan fingerprint density at radius 3 is 2.81 bits per heavy atom. The Balaban J connectivity index is 1.87. The van der Waals surface area contributed by atoms with Crippen LogP contribution in [0.3, 0.4) is 0 Å². The smallest absolute Gasteiger partial charge is 0.306 e. The van der Waals surface area contributed by atoms with Crippen LogP contribution in [0, 0.1) is 10.1 Å². The number of aliphatic hydroxyl groups is 1. The van der Waals surface area contributed by atoms with Gasteiger partial charge in [0.25, 0.3) is 0 Å². The molecule has 1 aromatic heterocycles. The van der Waals surface area contributed by atoms with E-state index in [4.69, 9.17) is 27.9 Å². The second kappa shape index (κ2) is 6.75. The zero-order chi connectivity index (χ0) is 15.4. The van der Waals surface area contributed by atoms with E-state index in [-0.39, 0.29) is 18.8 Å². The van der Waals surface area contributed by atoms with Crippen molar-refractivity contribution >= 4 is 28.9 Å². The third-order valence-electron chi connectivity index (χ3n) is 2.56. The minimum atomic E-state index is -0.876. The number of hydrogen-bond donors (Lipinski definition) is 1. The Bertz CT molecular complexity index is 647. The van der Waals surface area contributed by atoms with Crippen LogP contribution in [0.5, 0.6) is 5.75 Å². The number of aromatic nitrogens is 2. The molecule has 0 spiro atoms. The molecular weight excluding hydrogens is 321 g/mol. The maximum atomic E-state index is 10.5. The van der Waals surface area contributed by atoms with Crippen LogP contribution in [0.2, 0.25) is 10.0 Å². The molecule has 1 unspecified atom stereocenters. The first kappa shape index (κ1) is 15.6. The van der Waals surface area contributed by atoms with E-state index < -0.39 is 11.0 Å². The lowest BCUT2D eigenvalue weighted by molar-refractivity contribution is -0.385. The molecule has 0 radical (unpaired) electrons. The van der Waals surface area contributed by atoms with Crippen LogP contribution in [0.4, 0.5) is 5.69 Å². The van der Waals surface area contributed by atoms with Gasteiger partial charge in [-0.2, -0.15) is 5.10 Å². The molecule has 1 heterocycles. The lowest BCUT2D eigenvalue weighted by atomic mass is 10.3. The van der Waals surface area contributed by atoms with E-state index in [1.165, 1.54) is 16.9 Å². The van der Waals surface area contributed by atoms with Gasteiger partial charge in [-0.3, -0.25) is 14.8 Å². The van der Waals surface area contributed by atoms with Gasteiger partial charge < -0.3 is 9.84 Å². The van der Waals surface area contributed by atoms with Gasteiger partial charge in [-0.1, -0.05) is 23.2 Å². The van der Waals surface area contributed by atoms with Crippen LogP contribution in [-0.2, 0) is 6.54 Å². The molecular formula is C12H11Cl2N3O4. The van der Waals surface area contributed by atoms with Gasteiger partial charge in [0.15, 0.2) is 0 Å². The van der Waals surface area contributed by atoms with Gasteiger partial charge in [0, 0.05) is 6.07 Å². The van der Waals surface area contributed by atoms with Crippen LogP contribution in [-0.4, -0.2) is 32.5 Å². The fourth-order valence-electron chi connectivity index (χ4n) is 1.57. The van der Waals surface area contributed by atoms with Crippen molar-refractivity contribution in [3.05, 3.63) is 50.8 Å². The number of aliphatic hydroxyl groups excluding tert-OH is 1. The number of halogens is 2. The van der Waals surface area contributed by atoms with Crippen LogP contribution in [0.25, 0.3) is 0 Å². The fraction of sp³-hybridized carbons (Fsp3) is 0.250. The zero-order valence-corrected chi connectivity index (χ0v) is 12.2. The predicted octanol–water partition coefficient (Wildman–Crippen LogP) is 2.54. The molecule has 1 aromatic carbocycles. The fourth-order valence-corrected chi connectivity index (χ4v) is 1.86. The average molecular weight is 332 g/mol. The summed E-state index contributed by atoms with van der Waals surface area (Å²) < 4.78 is 6.64. The van der Waals surface area contributed by atoms with Gasteiger partial charge >= 0.3 is 5.69 Å². The summed E-state index contributed by atoms with van der Waals surface area (Å²) in [6.45, 7) is 0.0702. The molecule has 0 amide bonds. The topological polar surface area (TPSA) is 90.4 Å². The van der Waals surface area contributed by atoms with Gasteiger partial charge in [0.05, 0.1) is 21.5 Å². The maximum absolute atomic E-state index is 10.5. The molecule has 7 nitrogen and oxygen atoms in total. The highest BCUT2D eigenvalue weighted by Gasteiger charge is 2.12. The van der Waals surface area contributed by atoms with Gasteiger partial charge in [-0.15, -0.1) is 0 Å². The number of hydrogen-bond acceptors (Lipinski definition) is 5.